The molecule has 6 nitrogen and oxygen atoms in total. The van der Waals surface area contributed by atoms with E-state index in [4.69, 9.17) is 10.2 Å². The smallest absolute Gasteiger partial charge is 0.230 e. The summed E-state index contributed by atoms with van der Waals surface area (Å²) < 4.78 is 0. The molecule has 4 rings (SSSR count). The molecule has 0 atom stereocenters. The zero-order valence-corrected chi connectivity index (χ0v) is 19.3. The van der Waals surface area contributed by atoms with Crippen LogP contribution in [0, 0.1) is 18.3 Å². The Bertz CT molecular complexity index is 1100. The predicted molar refractivity (Wildman–Crippen MR) is 129 cm³/mol. The Balaban J connectivity index is 1.41. The van der Waals surface area contributed by atoms with Crippen molar-refractivity contribution in [2.45, 2.75) is 26.8 Å². The van der Waals surface area contributed by atoms with Crippen LogP contribution >= 0.6 is 11.3 Å². The van der Waals surface area contributed by atoms with E-state index in [1.54, 1.807) is 11.8 Å². The normalized spacial score (nSPS) is 14.6. The van der Waals surface area contributed by atoms with Gasteiger partial charge in [0.1, 0.15) is 0 Å². The molecule has 0 N–H and O–H groups in total. The van der Waals surface area contributed by atoms with Gasteiger partial charge in [0.2, 0.25) is 5.91 Å². The zero-order chi connectivity index (χ0) is 22.5. The van der Waals surface area contributed by atoms with E-state index in [-0.39, 0.29) is 5.91 Å². The van der Waals surface area contributed by atoms with Crippen LogP contribution in [0.25, 0.3) is 0 Å². The number of nitriles is 1. The number of benzene rings is 2. The van der Waals surface area contributed by atoms with Crippen molar-refractivity contribution >= 4 is 33.8 Å². The molecule has 0 saturated carbocycles. The van der Waals surface area contributed by atoms with Crippen LogP contribution in [0.1, 0.15) is 30.2 Å². The molecule has 1 amide bonds. The Labute approximate surface area is 193 Å². The highest BCUT2D eigenvalue weighted by Gasteiger charge is 2.20. The van der Waals surface area contributed by atoms with Gasteiger partial charge >= 0.3 is 0 Å². The molecule has 1 aliphatic rings. The van der Waals surface area contributed by atoms with Crippen molar-refractivity contribution in [2.24, 2.45) is 0 Å². The van der Waals surface area contributed by atoms with Gasteiger partial charge in [0, 0.05) is 50.7 Å². The summed E-state index contributed by atoms with van der Waals surface area (Å²) >= 11 is 1.51. The molecule has 1 saturated heterocycles. The van der Waals surface area contributed by atoms with Gasteiger partial charge in [0.15, 0.2) is 5.13 Å². The van der Waals surface area contributed by atoms with Crippen molar-refractivity contribution in [1.29, 1.82) is 5.26 Å². The van der Waals surface area contributed by atoms with E-state index >= 15 is 0 Å². The molecule has 0 radical (unpaired) electrons. The van der Waals surface area contributed by atoms with Gasteiger partial charge in [-0.05, 0) is 49.7 Å². The summed E-state index contributed by atoms with van der Waals surface area (Å²) in [6.07, 6.45) is 1.07. The molecule has 3 aromatic rings. The number of thiazole rings is 1. The molecule has 32 heavy (non-hydrogen) atoms. The molecular weight excluding hydrogens is 418 g/mol. The number of rotatable bonds is 5. The third-order valence-corrected chi connectivity index (χ3v) is 6.55. The summed E-state index contributed by atoms with van der Waals surface area (Å²) in [7, 11) is 0. The van der Waals surface area contributed by atoms with Gasteiger partial charge in [-0.25, -0.2) is 4.98 Å². The number of carbonyl (C=O) groups is 1. The quantitative estimate of drug-likeness (QED) is 0.569. The van der Waals surface area contributed by atoms with Crippen molar-refractivity contribution in [3.05, 3.63) is 70.7 Å². The van der Waals surface area contributed by atoms with Gasteiger partial charge in [-0.1, -0.05) is 17.7 Å². The molecule has 0 aliphatic carbocycles. The second kappa shape index (κ2) is 9.94. The van der Waals surface area contributed by atoms with Crippen LogP contribution in [0.5, 0.6) is 0 Å². The Morgan fingerprint density at radius 2 is 1.84 bits per heavy atom. The van der Waals surface area contributed by atoms with E-state index in [1.165, 1.54) is 11.3 Å². The van der Waals surface area contributed by atoms with Gasteiger partial charge in [-0.15, -0.1) is 11.3 Å². The van der Waals surface area contributed by atoms with Gasteiger partial charge in [0.05, 0.1) is 23.0 Å². The van der Waals surface area contributed by atoms with Crippen molar-refractivity contribution in [3.8, 4) is 6.07 Å². The maximum absolute atomic E-state index is 12.3. The van der Waals surface area contributed by atoms with Gasteiger partial charge in [-0.2, -0.15) is 5.26 Å². The number of aromatic nitrogens is 1. The first-order chi connectivity index (χ1) is 15.5. The maximum Gasteiger partial charge on any atom is 0.230 e. The summed E-state index contributed by atoms with van der Waals surface area (Å²) in [5, 5.41) is 11.8. The SMILES string of the molecule is CC(=O)N(c1ccc(C)cc1)c1nc(CN2CCCN(c3ccc(C#N)cc3)CC2)cs1. The van der Waals surface area contributed by atoms with Crippen molar-refractivity contribution < 1.29 is 4.79 Å². The lowest BCUT2D eigenvalue weighted by Gasteiger charge is -2.23. The summed E-state index contributed by atoms with van der Waals surface area (Å²) in [6, 6.07) is 17.9. The number of anilines is 3. The monoisotopic (exact) mass is 445 g/mol. The van der Waals surface area contributed by atoms with Crippen molar-refractivity contribution in [1.82, 2.24) is 9.88 Å². The summed E-state index contributed by atoms with van der Waals surface area (Å²) in [5.41, 5.74) is 4.85. The number of nitrogens with zero attached hydrogens (tertiary/aromatic N) is 5. The average molecular weight is 446 g/mol. The average Bonchev–Trinajstić information content (AvgIpc) is 3.11. The van der Waals surface area contributed by atoms with Gasteiger partial charge in [-0.3, -0.25) is 14.6 Å². The molecule has 1 aromatic heterocycles. The zero-order valence-electron chi connectivity index (χ0n) is 18.5. The van der Waals surface area contributed by atoms with E-state index in [0.29, 0.717) is 10.7 Å². The first-order valence-electron chi connectivity index (χ1n) is 10.8. The van der Waals surface area contributed by atoms with Crippen LogP contribution in [0.15, 0.2) is 53.9 Å². The largest absolute Gasteiger partial charge is 0.370 e. The molecule has 0 spiro atoms. The summed E-state index contributed by atoms with van der Waals surface area (Å²) in [6.45, 7) is 8.27. The molecule has 2 heterocycles. The molecule has 2 aromatic carbocycles. The highest BCUT2D eigenvalue weighted by atomic mass is 32.1. The number of amides is 1. The number of hydrogen-bond donors (Lipinski definition) is 0. The fourth-order valence-electron chi connectivity index (χ4n) is 3.96. The van der Waals surface area contributed by atoms with Crippen molar-refractivity contribution in [2.75, 3.05) is 36.0 Å². The van der Waals surface area contributed by atoms with Crippen LogP contribution in [-0.2, 0) is 11.3 Å². The van der Waals surface area contributed by atoms with Crippen LogP contribution in [-0.4, -0.2) is 42.0 Å². The van der Waals surface area contributed by atoms with Gasteiger partial charge < -0.3 is 4.90 Å². The summed E-state index contributed by atoms with van der Waals surface area (Å²) in [4.78, 5) is 23.6. The standard InChI is InChI=1S/C25H27N5OS/c1-19-4-8-24(9-5-19)30(20(2)31)25-27-22(18-32-25)17-28-12-3-13-29(15-14-28)23-10-6-21(16-26)7-11-23/h4-11,18H,3,12-15,17H2,1-2H3. The van der Waals surface area contributed by atoms with Crippen LogP contribution in [0.2, 0.25) is 0 Å². The minimum atomic E-state index is -0.0393. The number of aryl methyl sites for hydroxylation is 1. The maximum atomic E-state index is 12.3. The lowest BCUT2D eigenvalue weighted by Crippen LogP contribution is -2.30. The Morgan fingerprint density at radius 3 is 2.53 bits per heavy atom. The van der Waals surface area contributed by atoms with E-state index in [9.17, 15) is 4.79 Å². The van der Waals surface area contributed by atoms with Crippen LogP contribution in [0.3, 0.4) is 0 Å². The first kappa shape index (κ1) is 22.0. The fourth-order valence-corrected chi connectivity index (χ4v) is 4.83. The molecule has 7 heteroatoms. The Morgan fingerprint density at radius 1 is 1.09 bits per heavy atom. The third kappa shape index (κ3) is 5.16. The third-order valence-electron chi connectivity index (χ3n) is 5.67. The first-order valence-corrected chi connectivity index (χ1v) is 11.7. The Kier molecular flexibility index (Phi) is 6.84. The van der Waals surface area contributed by atoms with Crippen LogP contribution < -0.4 is 9.80 Å². The minimum Gasteiger partial charge on any atom is -0.370 e. The lowest BCUT2D eigenvalue weighted by molar-refractivity contribution is -0.115. The second-order valence-corrected chi connectivity index (χ2v) is 8.92. The molecule has 1 aliphatic heterocycles. The van der Waals surface area contributed by atoms with E-state index in [0.717, 1.165) is 61.8 Å². The van der Waals surface area contributed by atoms with E-state index in [1.807, 2.05) is 55.5 Å². The highest BCUT2D eigenvalue weighted by Crippen LogP contribution is 2.29. The van der Waals surface area contributed by atoms with E-state index < -0.39 is 0 Å². The Hall–Kier alpha value is -3.21. The lowest BCUT2D eigenvalue weighted by atomic mass is 10.2. The fraction of sp³-hybridized carbons (Fsp3) is 0.320. The summed E-state index contributed by atoms with van der Waals surface area (Å²) in [5.74, 6) is -0.0393. The van der Waals surface area contributed by atoms with Crippen molar-refractivity contribution in [3.63, 3.8) is 0 Å². The topological polar surface area (TPSA) is 63.5 Å². The number of hydrogen-bond acceptors (Lipinski definition) is 6. The van der Waals surface area contributed by atoms with E-state index in [2.05, 4.69) is 21.2 Å². The molecule has 0 bridgehead atoms. The molecule has 164 valence electrons. The second-order valence-electron chi connectivity index (χ2n) is 8.09. The van der Waals surface area contributed by atoms with Gasteiger partial charge in [0.25, 0.3) is 0 Å². The molecular formula is C25H27N5OS. The highest BCUT2D eigenvalue weighted by molar-refractivity contribution is 7.14. The molecule has 0 unspecified atom stereocenters. The molecule has 1 fully saturated rings. The predicted octanol–water partition coefficient (Wildman–Crippen LogP) is 4.72. The number of carbonyl (C=O) groups excluding carboxylic acids is 1. The minimum absolute atomic E-state index is 0.0393. The van der Waals surface area contributed by atoms with Crippen LogP contribution in [0.4, 0.5) is 16.5 Å².